The van der Waals surface area contributed by atoms with Gasteiger partial charge in [-0.1, -0.05) is 40.8 Å². The van der Waals surface area contributed by atoms with Crippen molar-refractivity contribution in [2.45, 2.75) is 38.6 Å². The predicted molar refractivity (Wildman–Crippen MR) is 194 cm³/mol. The Hall–Kier alpha value is -2.93. The highest BCUT2D eigenvalue weighted by molar-refractivity contribution is 14.1. The summed E-state index contributed by atoms with van der Waals surface area (Å²) in [4.78, 5) is 27.6. The molecule has 0 bridgehead atoms. The first-order valence-corrected chi connectivity index (χ1v) is 19.3. The third-order valence-corrected chi connectivity index (χ3v) is 9.76. The van der Waals surface area contributed by atoms with Crippen LogP contribution in [0.2, 0.25) is 0 Å². The van der Waals surface area contributed by atoms with Crippen molar-refractivity contribution in [2.75, 3.05) is 64.6 Å². The summed E-state index contributed by atoms with van der Waals surface area (Å²) in [5.41, 5.74) is 3.54. The third kappa shape index (κ3) is 10.1. The number of hydrogen-bond acceptors (Lipinski definition) is 7. The first-order chi connectivity index (χ1) is 22.9. The second-order valence-electron chi connectivity index (χ2n) is 13.6. The van der Waals surface area contributed by atoms with E-state index in [-0.39, 0.29) is 25.1 Å². The van der Waals surface area contributed by atoms with E-state index >= 15 is 8.63 Å². The summed E-state index contributed by atoms with van der Waals surface area (Å²) in [5, 5.41) is 2.28. The van der Waals surface area contributed by atoms with Crippen molar-refractivity contribution >= 4 is 63.3 Å². The van der Waals surface area contributed by atoms with Gasteiger partial charge in [-0.25, -0.2) is 13.2 Å². The molecule has 268 valence electrons. The normalized spacial score (nSPS) is 16.2. The van der Waals surface area contributed by atoms with Gasteiger partial charge in [0.15, 0.2) is 11.4 Å². The predicted octanol–water partition coefficient (Wildman–Crippen LogP) is 3.17. The van der Waals surface area contributed by atoms with Crippen molar-refractivity contribution in [3.8, 4) is 0 Å². The highest BCUT2D eigenvalue weighted by atomic mass is 127. The molecule has 16 heteroatoms. The van der Waals surface area contributed by atoms with E-state index < -0.39 is 40.8 Å². The molecular formula is C33H45BF2IN5O6S. The zero-order chi connectivity index (χ0) is 36.1. The molecule has 1 unspecified atom stereocenters. The second-order valence-corrected chi connectivity index (χ2v) is 16.1. The number of esters is 1. The Kier molecular flexibility index (Phi) is 12.7. The first-order valence-electron chi connectivity index (χ1n) is 16.2. The average Bonchev–Trinajstić information content (AvgIpc) is 3.53. The number of ether oxygens (including phenoxy) is 1. The van der Waals surface area contributed by atoms with Crippen LogP contribution in [0, 0.1) is 6.92 Å². The number of nitrogens with zero attached hydrogens (tertiary/aromatic N) is 4. The van der Waals surface area contributed by atoms with Crippen LogP contribution in [0.15, 0.2) is 53.7 Å². The van der Waals surface area contributed by atoms with Gasteiger partial charge in [-0.3, -0.25) is 4.79 Å². The molecule has 0 saturated heterocycles. The lowest BCUT2D eigenvalue weighted by molar-refractivity contribution is -0.870. The molecule has 11 nitrogen and oxygen atoms in total. The minimum absolute atomic E-state index is 0.0651. The number of nitrogens with one attached hydrogen (secondary N) is 1. The maximum Gasteiger partial charge on any atom is 0.737 e. The van der Waals surface area contributed by atoms with Gasteiger partial charge < -0.3 is 41.6 Å². The van der Waals surface area contributed by atoms with Gasteiger partial charge in [-0.2, -0.15) is 0 Å². The summed E-state index contributed by atoms with van der Waals surface area (Å²) in [7, 11) is 3.20. The number of carbonyl (C=O) groups is 2. The Balaban J connectivity index is 1.57. The highest BCUT2D eigenvalue weighted by Crippen LogP contribution is 2.39. The van der Waals surface area contributed by atoms with Crippen molar-refractivity contribution < 1.29 is 44.9 Å². The number of carbonyl (C=O) groups excluding carboxylic acids is 2. The van der Waals surface area contributed by atoms with Crippen LogP contribution in [0.1, 0.15) is 41.8 Å². The van der Waals surface area contributed by atoms with E-state index in [1.165, 1.54) is 0 Å². The number of fused-ring (bicyclic) bond motifs is 2. The van der Waals surface area contributed by atoms with E-state index in [4.69, 9.17) is 4.74 Å². The minimum atomic E-state index is -4.91. The molecule has 2 aromatic rings. The van der Waals surface area contributed by atoms with Gasteiger partial charge in [0.05, 0.1) is 43.6 Å². The minimum Gasteiger partial charge on any atom is -0.748 e. The number of hydrogen-bond donors (Lipinski definition) is 1. The number of allylic oxidation sites excluding steroid dienone is 2. The van der Waals surface area contributed by atoms with E-state index in [2.05, 4.69) is 49.1 Å². The summed E-state index contributed by atoms with van der Waals surface area (Å²) in [6, 6.07) is 8.96. The monoisotopic (exact) mass is 815 g/mol. The van der Waals surface area contributed by atoms with E-state index in [9.17, 15) is 22.6 Å². The maximum absolute atomic E-state index is 16.9. The third-order valence-electron chi connectivity index (χ3n) is 8.54. The summed E-state index contributed by atoms with van der Waals surface area (Å²) >= 11 is 2.20. The van der Waals surface area contributed by atoms with Gasteiger partial charge in [-0.15, -0.1) is 0 Å². The van der Waals surface area contributed by atoms with Gasteiger partial charge in [-0.05, 0) is 56.3 Å². The van der Waals surface area contributed by atoms with Crippen molar-refractivity contribution in [2.24, 2.45) is 0 Å². The summed E-state index contributed by atoms with van der Waals surface area (Å²) in [6.07, 6.45) is 4.62. The number of alkyl halides is 1. The lowest BCUT2D eigenvalue weighted by Gasteiger charge is -2.32. The van der Waals surface area contributed by atoms with Crippen molar-refractivity contribution in [3.05, 3.63) is 76.3 Å². The second kappa shape index (κ2) is 16.0. The van der Waals surface area contributed by atoms with Crippen LogP contribution >= 0.6 is 22.6 Å². The molecule has 0 saturated carbocycles. The molecule has 1 atom stereocenters. The number of rotatable bonds is 17. The van der Waals surface area contributed by atoms with Gasteiger partial charge in [0, 0.05) is 59.3 Å². The fraction of sp³-hybridized carbons (Fsp3) is 0.485. The molecule has 2 aliphatic heterocycles. The molecule has 49 heavy (non-hydrogen) atoms. The van der Waals surface area contributed by atoms with E-state index in [0.29, 0.717) is 41.2 Å². The zero-order valence-electron chi connectivity index (χ0n) is 28.6. The van der Waals surface area contributed by atoms with Crippen LogP contribution in [-0.4, -0.2) is 127 Å². The number of benzene rings is 1. The van der Waals surface area contributed by atoms with Crippen LogP contribution in [0.25, 0.3) is 6.08 Å². The van der Waals surface area contributed by atoms with Crippen LogP contribution in [0.4, 0.5) is 8.63 Å². The van der Waals surface area contributed by atoms with E-state index in [1.54, 1.807) is 31.2 Å². The standard InChI is InChI=1S/C33H45BF2IN5O6S/c1-24-20-27(13-14-32(43)38-28(23-49(45,46)47)33(44)48-19-17-39(2)16-15-37)40-29(24)22-31-26(12-9-18-42(3,4)5)21-30(41(31)34(40,35)36)25-10-7-6-8-11-25/h6-8,10-11,20-22,28H,9,12-19,23H2,1-5H3,(H-,38,43,45,46,47). The SMILES string of the molecule is Cc1cc(CCC(=O)NC(CS(=O)(=O)[O-])C(=O)OCCN(C)CCI)n2c1C=C1C(CCC[N+](C)(C)C)=CC(c3ccccc3)=[N+]1[B-]2(F)F. The highest BCUT2D eigenvalue weighted by Gasteiger charge is 2.54. The Morgan fingerprint density at radius 1 is 1.14 bits per heavy atom. The lowest BCUT2D eigenvalue weighted by Crippen LogP contribution is -2.51. The number of halogens is 3. The van der Waals surface area contributed by atoms with Crippen LogP contribution in [-0.2, 0) is 30.9 Å². The Morgan fingerprint density at radius 2 is 1.84 bits per heavy atom. The first kappa shape index (κ1) is 38.9. The Morgan fingerprint density at radius 3 is 2.47 bits per heavy atom. The molecule has 0 aliphatic carbocycles. The molecular weight excluding hydrogens is 770 g/mol. The quantitative estimate of drug-likeness (QED) is 0.0651. The molecule has 2 aliphatic rings. The van der Waals surface area contributed by atoms with Crippen LogP contribution in [0.3, 0.4) is 0 Å². The summed E-state index contributed by atoms with van der Waals surface area (Å²) in [6.45, 7) is -0.724. The molecule has 0 fully saturated rings. The molecule has 1 amide bonds. The Labute approximate surface area is 301 Å². The van der Waals surface area contributed by atoms with Crippen molar-refractivity contribution in [1.29, 1.82) is 0 Å². The molecule has 0 spiro atoms. The largest absolute Gasteiger partial charge is 0.748 e. The van der Waals surface area contributed by atoms with Crippen molar-refractivity contribution in [1.82, 2.24) is 14.7 Å². The average molecular weight is 816 g/mol. The maximum atomic E-state index is 16.9. The van der Waals surface area contributed by atoms with Gasteiger partial charge in [0.1, 0.15) is 12.6 Å². The number of aromatic nitrogens is 1. The fourth-order valence-electron chi connectivity index (χ4n) is 6.13. The molecule has 1 aromatic carbocycles. The van der Waals surface area contributed by atoms with Crippen LogP contribution in [0.5, 0.6) is 0 Å². The topological polar surface area (TPSA) is 124 Å². The van der Waals surface area contributed by atoms with Gasteiger partial charge in [0.25, 0.3) is 0 Å². The van der Waals surface area contributed by atoms with Crippen LogP contribution < -0.4 is 5.32 Å². The fourth-order valence-corrected chi connectivity index (χ4v) is 7.58. The number of amides is 1. The van der Waals surface area contributed by atoms with Gasteiger partial charge in [0.2, 0.25) is 5.91 Å². The van der Waals surface area contributed by atoms with E-state index in [1.807, 2.05) is 36.2 Å². The number of likely N-dealkylation sites (N-methyl/N-ethyl adjacent to an activating group) is 1. The summed E-state index contributed by atoms with van der Waals surface area (Å²) in [5.74, 6) is -3.02. The molecule has 1 aromatic heterocycles. The van der Waals surface area contributed by atoms with Crippen molar-refractivity contribution in [3.63, 3.8) is 0 Å². The number of aryl methyl sites for hydroxylation is 2. The Bertz CT molecular complexity index is 1760. The number of quaternary nitrogens is 1. The summed E-state index contributed by atoms with van der Waals surface area (Å²) < 4.78 is 77.2. The molecule has 1 N–H and O–H groups in total. The van der Waals surface area contributed by atoms with E-state index in [0.717, 1.165) is 43.0 Å². The smallest absolute Gasteiger partial charge is 0.737 e. The molecule has 0 radical (unpaired) electrons. The lowest BCUT2D eigenvalue weighted by atomic mass is 9.88. The molecule has 3 heterocycles. The zero-order valence-corrected chi connectivity index (χ0v) is 31.6. The molecule has 4 rings (SSSR count). The van der Waals surface area contributed by atoms with Gasteiger partial charge >= 0.3 is 12.9 Å².